The Hall–Kier alpha value is -2.22. The van der Waals surface area contributed by atoms with Crippen LogP contribution in [0.15, 0.2) is 33.5 Å². The number of rotatable bonds is 3. The number of carbonyl (C=O) groups excluding carboxylic acids is 1. The van der Waals surface area contributed by atoms with Crippen molar-refractivity contribution in [3.63, 3.8) is 0 Å². The predicted octanol–water partition coefficient (Wildman–Crippen LogP) is 0.415. The second kappa shape index (κ2) is 6.11. The van der Waals surface area contributed by atoms with Gasteiger partial charge in [0, 0.05) is 11.3 Å². The quantitative estimate of drug-likeness (QED) is 0.623. The molecule has 0 spiro atoms. The predicted molar refractivity (Wildman–Crippen MR) is 79.4 cm³/mol. The van der Waals surface area contributed by atoms with Gasteiger partial charge >= 0.3 is 11.6 Å². The van der Waals surface area contributed by atoms with Crippen molar-refractivity contribution < 1.29 is 28.9 Å². The van der Waals surface area contributed by atoms with E-state index >= 15 is 0 Å². The smallest absolute Gasteiger partial charge is 0.351 e. The first kappa shape index (κ1) is 15.7. The Morgan fingerprint density at radius 2 is 2.22 bits per heavy atom. The minimum absolute atomic E-state index is 0.209. The van der Waals surface area contributed by atoms with E-state index in [2.05, 4.69) is 4.74 Å². The Balaban J connectivity index is 2.14. The molecule has 1 aliphatic heterocycles. The van der Waals surface area contributed by atoms with E-state index in [1.807, 2.05) is 0 Å². The molecule has 1 aromatic carbocycles. The Kier molecular flexibility index (Phi) is 4.16. The highest BCUT2D eigenvalue weighted by molar-refractivity contribution is 5.93. The highest BCUT2D eigenvalue weighted by Gasteiger charge is 2.37. The van der Waals surface area contributed by atoms with E-state index in [0.717, 1.165) is 0 Å². The number of aliphatic hydroxyl groups is 2. The van der Waals surface area contributed by atoms with Crippen molar-refractivity contribution in [1.82, 2.24) is 0 Å². The number of esters is 1. The van der Waals surface area contributed by atoms with Crippen LogP contribution in [0.25, 0.3) is 11.0 Å². The maximum absolute atomic E-state index is 11.9. The number of hydrogen-bond acceptors (Lipinski definition) is 7. The molecule has 1 aromatic heterocycles. The SMILES string of the molecule is COC(=O)c1cc2c(C3COC(CO)C3O)cccc2oc1=O. The van der Waals surface area contributed by atoms with Gasteiger partial charge in [-0.3, -0.25) is 0 Å². The van der Waals surface area contributed by atoms with Crippen molar-refractivity contribution in [2.45, 2.75) is 18.1 Å². The fraction of sp³-hybridized carbons (Fsp3) is 0.375. The van der Waals surface area contributed by atoms with E-state index in [-0.39, 0.29) is 18.8 Å². The van der Waals surface area contributed by atoms with Gasteiger partial charge in [0.15, 0.2) is 0 Å². The lowest BCUT2D eigenvalue weighted by Crippen LogP contribution is -2.28. The van der Waals surface area contributed by atoms with Crippen LogP contribution in [0, 0.1) is 0 Å². The van der Waals surface area contributed by atoms with Crippen LogP contribution < -0.4 is 5.63 Å². The van der Waals surface area contributed by atoms with E-state index < -0.39 is 29.7 Å². The van der Waals surface area contributed by atoms with Gasteiger partial charge in [-0.25, -0.2) is 9.59 Å². The molecule has 7 heteroatoms. The van der Waals surface area contributed by atoms with Crippen molar-refractivity contribution in [1.29, 1.82) is 0 Å². The zero-order chi connectivity index (χ0) is 16.6. The Labute approximate surface area is 131 Å². The molecule has 1 aliphatic rings. The third kappa shape index (κ3) is 2.63. The summed E-state index contributed by atoms with van der Waals surface area (Å²) in [5.74, 6) is -1.18. The van der Waals surface area contributed by atoms with Crippen molar-refractivity contribution in [3.05, 3.63) is 45.8 Å². The summed E-state index contributed by atoms with van der Waals surface area (Å²) in [7, 11) is 1.18. The molecule has 122 valence electrons. The van der Waals surface area contributed by atoms with E-state index in [1.165, 1.54) is 13.2 Å². The molecule has 3 unspecified atom stereocenters. The first-order chi connectivity index (χ1) is 11.1. The van der Waals surface area contributed by atoms with Crippen LogP contribution in [-0.4, -0.2) is 48.7 Å². The van der Waals surface area contributed by atoms with Crippen LogP contribution in [0.4, 0.5) is 0 Å². The van der Waals surface area contributed by atoms with Crippen LogP contribution in [0.1, 0.15) is 21.8 Å². The van der Waals surface area contributed by atoms with Gasteiger partial charge in [-0.1, -0.05) is 12.1 Å². The summed E-state index contributed by atoms with van der Waals surface area (Å²) in [6, 6.07) is 6.46. The van der Waals surface area contributed by atoms with E-state index in [1.54, 1.807) is 18.2 Å². The lowest BCUT2D eigenvalue weighted by Gasteiger charge is -2.17. The Morgan fingerprint density at radius 3 is 2.87 bits per heavy atom. The molecular weight excluding hydrogens is 304 g/mol. The van der Waals surface area contributed by atoms with Gasteiger partial charge in [0.2, 0.25) is 0 Å². The van der Waals surface area contributed by atoms with Crippen molar-refractivity contribution in [2.24, 2.45) is 0 Å². The van der Waals surface area contributed by atoms with Gasteiger partial charge in [-0.2, -0.15) is 0 Å². The first-order valence-corrected chi connectivity index (χ1v) is 7.12. The largest absolute Gasteiger partial charge is 0.465 e. The summed E-state index contributed by atoms with van der Waals surface area (Å²) in [5.41, 5.74) is -0.00262. The van der Waals surface area contributed by atoms with Crippen LogP contribution in [0.2, 0.25) is 0 Å². The molecule has 0 amide bonds. The molecule has 3 atom stereocenters. The molecule has 7 nitrogen and oxygen atoms in total. The van der Waals surface area contributed by atoms with E-state index in [0.29, 0.717) is 16.5 Å². The topological polar surface area (TPSA) is 106 Å². The fourth-order valence-electron chi connectivity index (χ4n) is 2.86. The molecule has 3 rings (SSSR count). The van der Waals surface area contributed by atoms with E-state index in [9.17, 15) is 19.8 Å². The summed E-state index contributed by atoms with van der Waals surface area (Å²) in [6.45, 7) is -0.0664. The molecule has 2 N–H and O–H groups in total. The van der Waals surface area contributed by atoms with Crippen LogP contribution >= 0.6 is 0 Å². The number of methoxy groups -OCH3 is 1. The number of carbonyl (C=O) groups is 1. The zero-order valence-electron chi connectivity index (χ0n) is 12.4. The fourth-order valence-corrected chi connectivity index (χ4v) is 2.86. The minimum Gasteiger partial charge on any atom is -0.465 e. The average Bonchev–Trinajstić information content (AvgIpc) is 2.93. The van der Waals surface area contributed by atoms with E-state index in [4.69, 9.17) is 9.15 Å². The number of benzene rings is 1. The summed E-state index contributed by atoms with van der Waals surface area (Å²) >= 11 is 0. The van der Waals surface area contributed by atoms with Gasteiger partial charge in [-0.05, 0) is 17.7 Å². The molecule has 1 saturated heterocycles. The minimum atomic E-state index is -0.890. The first-order valence-electron chi connectivity index (χ1n) is 7.12. The summed E-state index contributed by atoms with van der Waals surface area (Å²) < 4.78 is 15.1. The third-order valence-corrected chi connectivity index (χ3v) is 4.08. The molecule has 0 radical (unpaired) electrons. The highest BCUT2D eigenvalue weighted by atomic mass is 16.5. The third-order valence-electron chi connectivity index (χ3n) is 4.08. The van der Waals surface area contributed by atoms with Gasteiger partial charge in [0.25, 0.3) is 0 Å². The van der Waals surface area contributed by atoms with Crippen molar-refractivity contribution in [2.75, 3.05) is 20.3 Å². The summed E-state index contributed by atoms with van der Waals surface area (Å²) in [6.07, 6.45) is -1.55. The second-order valence-corrected chi connectivity index (χ2v) is 5.35. The standard InChI is InChI=1S/C16H16O7/c1-21-15(19)10-5-9-8(3-2-4-12(9)23-16(10)20)11-7-22-13(6-17)14(11)18/h2-5,11,13-14,17-18H,6-7H2,1H3. The number of fused-ring (bicyclic) bond motifs is 1. The average molecular weight is 320 g/mol. The molecule has 0 saturated carbocycles. The zero-order valence-corrected chi connectivity index (χ0v) is 12.4. The maximum atomic E-state index is 11.9. The maximum Gasteiger partial charge on any atom is 0.351 e. The summed E-state index contributed by atoms with van der Waals surface area (Å²) in [4.78, 5) is 23.5. The molecule has 23 heavy (non-hydrogen) atoms. The van der Waals surface area contributed by atoms with Gasteiger partial charge in [-0.15, -0.1) is 0 Å². The normalized spacial score (nSPS) is 24.0. The van der Waals surface area contributed by atoms with Crippen LogP contribution in [0.3, 0.4) is 0 Å². The number of aliphatic hydroxyl groups excluding tert-OH is 2. The van der Waals surface area contributed by atoms with Crippen molar-refractivity contribution in [3.8, 4) is 0 Å². The number of hydrogen-bond donors (Lipinski definition) is 2. The van der Waals surface area contributed by atoms with Crippen LogP contribution in [0.5, 0.6) is 0 Å². The molecule has 2 aromatic rings. The molecule has 1 fully saturated rings. The number of ether oxygens (including phenoxy) is 2. The highest BCUT2D eigenvalue weighted by Crippen LogP contribution is 2.34. The van der Waals surface area contributed by atoms with Gasteiger partial charge in [0.1, 0.15) is 17.3 Å². The molecule has 0 aliphatic carbocycles. The molecule has 0 bridgehead atoms. The lowest BCUT2D eigenvalue weighted by atomic mass is 9.90. The molecular formula is C16H16O7. The summed E-state index contributed by atoms with van der Waals surface area (Å²) in [5, 5.41) is 20.0. The van der Waals surface area contributed by atoms with Crippen LogP contribution in [-0.2, 0) is 9.47 Å². The Bertz CT molecular complexity index is 795. The lowest BCUT2D eigenvalue weighted by molar-refractivity contribution is 0.00326. The second-order valence-electron chi connectivity index (χ2n) is 5.35. The van der Waals surface area contributed by atoms with Gasteiger partial charge < -0.3 is 24.1 Å². The van der Waals surface area contributed by atoms with Gasteiger partial charge in [0.05, 0.1) is 26.4 Å². The Morgan fingerprint density at radius 1 is 1.43 bits per heavy atom. The van der Waals surface area contributed by atoms with Crippen molar-refractivity contribution >= 4 is 16.9 Å². The molecule has 2 heterocycles. The monoisotopic (exact) mass is 320 g/mol.